The first-order valence-electron chi connectivity index (χ1n) is 9.33. The van der Waals surface area contributed by atoms with Crippen molar-refractivity contribution in [3.63, 3.8) is 0 Å². The highest BCUT2D eigenvalue weighted by Gasteiger charge is 2.17. The molecule has 0 saturated heterocycles. The molecule has 0 amide bonds. The molecule has 0 unspecified atom stereocenters. The summed E-state index contributed by atoms with van der Waals surface area (Å²) in [6.45, 7) is 1.95. The highest BCUT2D eigenvalue weighted by molar-refractivity contribution is 7.92. The second kappa shape index (κ2) is 11.1. The molecule has 0 radical (unpaired) electrons. The quantitative estimate of drug-likeness (QED) is 0.305. The average molecular weight is 451 g/mol. The molecule has 10 heteroatoms. The van der Waals surface area contributed by atoms with Gasteiger partial charge < -0.3 is 14.6 Å². The normalized spacial score (nSPS) is 11.3. The summed E-state index contributed by atoms with van der Waals surface area (Å²) in [7, 11) is -4.05. The molecule has 0 heterocycles. The Labute approximate surface area is 179 Å². The number of halogens is 1. The van der Waals surface area contributed by atoms with E-state index in [2.05, 4.69) is 4.72 Å². The Morgan fingerprint density at radius 3 is 2.48 bits per heavy atom. The van der Waals surface area contributed by atoms with Gasteiger partial charge in [0.1, 0.15) is 0 Å². The van der Waals surface area contributed by atoms with Crippen LogP contribution in [-0.2, 0) is 24.3 Å². The predicted octanol–water partition coefficient (Wildman–Crippen LogP) is 3.45. The van der Waals surface area contributed by atoms with Crippen LogP contribution in [0.5, 0.6) is 5.75 Å². The number of nitrogens with one attached hydrogen (secondary N) is 1. The number of aliphatic carboxylic acids is 1. The van der Waals surface area contributed by atoms with Crippen molar-refractivity contribution in [3.05, 3.63) is 59.9 Å². The van der Waals surface area contributed by atoms with Gasteiger partial charge in [-0.25, -0.2) is 17.6 Å². The molecule has 2 aromatic rings. The molecular formula is C21H22FNO7S. The van der Waals surface area contributed by atoms with Crippen LogP contribution in [0.2, 0.25) is 0 Å². The van der Waals surface area contributed by atoms with Crippen molar-refractivity contribution in [2.24, 2.45) is 0 Å². The Morgan fingerprint density at radius 1 is 1.16 bits per heavy atom. The summed E-state index contributed by atoms with van der Waals surface area (Å²) < 4.78 is 51.5. The van der Waals surface area contributed by atoms with Crippen LogP contribution in [0, 0.1) is 5.82 Å². The highest BCUT2D eigenvalue weighted by atomic mass is 32.2. The van der Waals surface area contributed by atoms with Gasteiger partial charge in [0.2, 0.25) is 0 Å². The van der Waals surface area contributed by atoms with E-state index in [1.807, 2.05) is 0 Å². The van der Waals surface area contributed by atoms with Gasteiger partial charge in [-0.1, -0.05) is 12.1 Å². The number of hydrogen-bond donors (Lipinski definition) is 2. The molecule has 0 fully saturated rings. The lowest BCUT2D eigenvalue weighted by Crippen LogP contribution is -2.13. The summed E-state index contributed by atoms with van der Waals surface area (Å²) in [5, 5.41) is 8.57. The topological polar surface area (TPSA) is 119 Å². The minimum atomic E-state index is -4.05. The van der Waals surface area contributed by atoms with Gasteiger partial charge in [-0.2, -0.15) is 0 Å². The third-order valence-electron chi connectivity index (χ3n) is 3.87. The van der Waals surface area contributed by atoms with Crippen LogP contribution < -0.4 is 9.46 Å². The van der Waals surface area contributed by atoms with Crippen molar-refractivity contribution < 1.29 is 37.0 Å². The largest absolute Gasteiger partial charge is 0.491 e. The average Bonchev–Trinajstić information content (AvgIpc) is 2.71. The van der Waals surface area contributed by atoms with Crippen molar-refractivity contribution in [2.45, 2.75) is 24.7 Å². The van der Waals surface area contributed by atoms with Gasteiger partial charge in [-0.05, 0) is 55.3 Å². The minimum Gasteiger partial charge on any atom is -0.491 e. The number of ether oxygens (including phenoxy) is 2. The standard InChI is InChI=1S/C21H22FNO7S/c1-2-29-21(26)12-7-15-5-8-16(9-6-15)23-31(27,28)17-10-11-19(18(22)14-17)30-13-3-4-20(24)25/h5-12,14,23H,2-4,13H2,1H3,(H,24,25)/b12-7+. The predicted molar refractivity (Wildman–Crippen MR) is 112 cm³/mol. The molecule has 0 aliphatic rings. The molecule has 0 aliphatic carbocycles. The molecule has 0 bridgehead atoms. The Balaban J connectivity index is 2.02. The van der Waals surface area contributed by atoms with Gasteiger partial charge in [0.15, 0.2) is 11.6 Å². The lowest BCUT2D eigenvalue weighted by molar-refractivity contribution is -0.138. The molecule has 0 atom stereocenters. The van der Waals surface area contributed by atoms with Crippen LogP contribution in [0.25, 0.3) is 6.08 Å². The zero-order valence-corrected chi connectivity index (χ0v) is 17.5. The highest BCUT2D eigenvalue weighted by Crippen LogP contribution is 2.23. The summed E-state index contributed by atoms with van der Waals surface area (Å²) in [4.78, 5) is 21.5. The summed E-state index contributed by atoms with van der Waals surface area (Å²) >= 11 is 0. The van der Waals surface area contributed by atoms with Crippen molar-refractivity contribution in [2.75, 3.05) is 17.9 Å². The van der Waals surface area contributed by atoms with Crippen LogP contribution >= 0.6 is 0 Å². The number of hydrogen-bond acceptors (Lipinski definition) is 6. The molecule has 8 nitrogen and oxygen atoms in total. The second-order valence-corrected chi connectivity index (χ2v) is 7.93. The molecule has 166 valence electrons. The van der Waals surface area contributed by atoms with E-state index in [9.17, 15) is 22.4 Å². The summed E-state index contributed by atoms with van der Waals surface area (Å²) in [5.74, 6) is -2.51. The Hall–Kier alpha value is -3.40. The van der Waals surface area contributed by atoms with Gasteiger partial charge in [0.05, 0.1) is 18.1 Å². The van der Waals surface area contributed by atoms with Crippen LogP contribution in [0.1, 0.15) is 25.3 Å². The minimum absolute atomic E-state index is 0.00940. The number of rotatable bonds is 11. The van der Waals surface area contributed by atoms with Gasteiger partial charge in [0.25, 0.3) is 10.0 Å². The fraction of sp³-hybridized carbons (Fsp3) is 0.238. The maximum absolute atomic E-state index is 14.2. The molecule has 2 aromatic carbocycles. The number of carboxylic acids is 1. The van der Waals surface area contributed by atoms with E-state index >= 15 is 0 Å². The molecule has 0 aromatic heterocycles. The Bertz CT molecular complexity index is 1050. The third-order valence-corrected chi connectivity index (χ3v) is 5.25. The SMILES string of the molecule is CCOC(=O)/C=C/c1ccc(NS(=O)(=O)c2ccc(OCCCC(=O)O)c(F)c2)cc1. The first-order chi connectivity index (χ1) is 14.7. The van der Waals surface area contributed by atoms with Gasteiger partial charge >= 0.3 is 11.9 Å². The van der Waals surface area contributed by atoms with Crippen molar-refractivity contribution in [1.82, 2.24) is 0 Å². The monoisotopic (exact) mass is 451 g/mol. The van der Waals surface area contributed by atoms with E-state index < -0.39 is 27.8 Å². The van der Waals surface area contributed by atoms with Gasteiger partial charge in [-0.3, -0.25) is 9.52 Å². The lowest BCUT2D eigenvalue weighted by atomic mass is 10.2. The number of carboxylic acid groups (broad SMARTS) is 1. The van der Waals surface area contributed by atoms with Crippen molar-refractivity contribution in [3.8, 4) is 5.75 Å². The smallest absolute Gasteiger partial charge is 0.330 e. The lowest BCUT2D eigenvalue weighted by Gasteiger charge is -2.11. The number of esters is 1. The number of anilines is 1. The molecule has 2 N–H and O–H groups in total. The number of sulfonamides is 1. The molecule has 2 rings (SSSR count). The zero-order chi connectivity index (χ0) is 22.9. The maximum atomic E-state index is 14.2. The van der Waals surface area contributed by atoms with Crippen LogP contribution in [0.15, 0.2) is 53.4 Å². The van der Waals surface area contributed by atoms with Gasteiger partial charge in [-0.15, -0.1) is 0 Å². The number of carbonyl (C=O) groups excluding carboxylic acids is 1. The van der Waals surface area contributed by atoms with Gasteiger partial charge in [0, 0.05) is 18.2 Å². The summed E-state index contributed by atoms with van der Waals surface area (Å²) in [6.07, 6.45) is 2.87. The summed E-state index contributed by atoms with van der Waals surface area (Å²) in [6, 6.07) is 9.38. The fourth-order valence-electron chi connectivity index (χ4n) is 2.40. The second-order valence-electron chi connectivity index (χ2n) is 6.25. The van der Waals surface area contributed by atoms with E-state index in [4.69, 9.17) is 14.6 Å². The van der Waals surface area contributed by atoms with E-state index in [1.165, 1.54) is 36.4 Å². The van der Waals surface area contributed by atoms with E-state index in [-0.39, 0.29) is 42.4 Å². The van der Waals surface area contributed by atoms with Crippen molar-refractivity contribution >= 4 is 33.7 Å². The third kappa shape index (κ3) is 7.74. The molecular weight excluding hydrogens is 429 g/mol. The number of benzene rings is 2. The zero-order valence-electron chi connectivity index (χ0n) is 16.7. The van der Waals surface area contributed by atoms with Crippen molar-refractivity contribution in [1.29, 1.82) is 0 Å². The van der Waals surface area contributed by atoms with E-state index in [0.717, 1.165) is 6.07 Å². The summed E-state index contributed by atoms with van der Waals surface area (Å²) in [5.41, 5.74) is 0.911. The molecule has 31 heavy (non-hydrogen) atoms. The first-order valence-corrected chi connectivity index (χ1v) is 10.8. The maximum Gasteiger partial charge on any atom is 0.330 e. The van der Waals surface area contributed by atoms with Crippen LogP contribution in [0.3, 0.4) is 0 Å². The van der Waals surface area contributed by atoms with Crippen LogP contribution in [-0.4, -0.2) is 38.7 Å². The van der Waals surface area contributed by atoms with E-state index in [0.29, 0.717) is 5.56 Å². The van der Waals surface area contributed by atoms with E-state index in [1.54, 1.807) is 19.1 Å². The number of carbonyl (C=O) groups is 2. The Kier molecular flexibility index (Phi) is 8.56. The molecule has 0 spiro atoms. The first kappa shape index (κ1) is 23.9. The molecule has 0 aliphatic heterocycles. The Morgan fingerprint density at radius 2 is 1.87 bits per heavy atom. The van der Waals surface area contributed by atoms with Crippen LogP contribution in [0.4, 0.5) is 10.1 Å². The molecule has 0 saturated carbocycles. The fourth-order valence-corrected chi connectivity index (χ4v) is 3.47.